The van der Waals surface area contributed by atoms with Gasteiger partial charge in [0.25, 0.3) is 0 Å². The van der Waals surface area contributed by atoms with E-state index in [0.717, 1.165) is 23.3 Å². The average Bonchev–Trinajstić information content (AvgIpc) is 3.60. The van der Waals surface area contributed by atoms with Gasteiger partial charge in [-0.1, -0.05) is 42.5 Å². The molecule has 240 valence electrons. The fourth-order valence-electron chi connectivity index (χ4n) is 5.31. The summed E-state index contributed by atoms with van der Waals surface area (Å²) in [5, 5.41) is 34.5. The Labute approximate surface area is 260 Å². The number of ether oxygens (including phenoxy) is 2. The zero-order chi connectivity index (χ0) is 31.8. The number of anilines is 1. The number of rotatable bonds is 16. The number of nitrogens with zero attached hydrogens (tertiary/aromatic N) is 5. The number of nitrogens with two attached hydrogens (primary N) is 2. The molecule has 0 bridgehead atoms. The summed E-state index contributed by atoms with van der Waals surface area (Å²) in [6.07, 6.45) is -0.449. The Morgan fingerprint density at radius 1 is 1.07 bits per heavy atom. The molecule has 2 aromatic carbocycles. The first kappa shape index (κ1) is 32.2. The number of hydrogen-bond acceptors (Lipinski definition) is 12. The van der Waals surface area contributed by atoms with E-state index in [1.54, 1.807) is 0 Å². The first-order valence-corrected chi connectivity index (χ1v) is 14.9. The molecule has 0 radical (unpaired) electrons. The van der Waals surface area contributed by atoms with E-state index >= 15 is 0 Å². The number of aliphatic hydroxyl groups is 2. The molecular formula is C31H40N8O6. The van der Waals surface area contributed by atoms with Crippen LogP contribution in [0.5, 0.6) is 5.75 Å². The van der Waals surface area contributed by atoms with Gasteiger partial charge < -0.3 is 46.5 Å². The zero-order valence-corrected chi connectivity index (χ0v) is 24.9. The third kappa shape index (κ3) is 8.30. The van der Waals surface area contributed by atoms with Gasteiger partial charge in [-0.3, -0.25) is 9.36 Å². The van der Waals surface area contributed by atoms with Crippen LogP contribution in [0, 0.1) is 0 Å². The lowest BCUT2D eigenvalue weighted by atomic mass is 10.1. The van der Waals surface area contributed by atoms with E-state index in [0.29, 0.717) is 43.9 Å². The van der Waals surface area contributed by atoms with Crippen molar-refractivity contribution in [2.24, 2.45) is 5.73 Å². The Morgan fingerprint density at radius 2 is 1.87 bits per heavy atom. The molecule has 1 unspecified atom stereocenters. The number of aliphatic hydroxyl groups excluding tert-OH is 2. The predicted octanol–water partition coefficient (Wildman–Crippen LogP) is 0.891. The maximum Gasteiger partial charge on any atom is 0.320 e. The molecule has 1 fully saturated rings. The van der Waals surface area contributed by atoms with Crippen LogP contribution in [0.4, 0.5) is 5.82 Å². The van der Waals surface area contributed by atoms with E-state index < -0.39 is 36.6 Å². The van der Waals surface area contributed by atoms with Crippen molar-refractivity contribution < 1.29 is 29.6 Å². The molecule has 0 amide bonds. The average molecular weight is 621 g/mol. The van der Waals surface area contributed by atoms with Gasteiger partial charge in [-0.05, 0) is 49.2 Å². The van der Waals surface area contributed by atoms with Crippen molar-refractivity contribution in [2.45, 2.75) is 56.6 Å². The smallest absolute Gasteiger partial charge is 0.320 e. The van der Waals surface area contributed by atoms with Gasteiger partial charge in [0.1, 0.15) is 48.6 Å². The molecule has 4 aromatic rings. The van der Waals surface area contributed by atoms with E-state index in [1.807, 2.05) is 59.5 Å². The number of imidazole rings is 1. The lowest BCUT2D eigenvalue weighted by molar-refractivity contribution is -0.138. The second-order valence-corrected chi connectivity index (χ2v) is 11.1. The molecule has 2 aromatic heterocycles. The van der Waals surface area contributed by atoms with Gasteiger partial charge in [0, 0.05) is 19.6 Å². The third-order valence-corrected chi connectivity index (χ3v) is 7.81. The number of carboxylic acids is 1. The predicted molar refractivity (Wildman–Crippen MR) is 166 cm³/mol. The van der Waals surface area contributed by atoms with E-state index in [4.69, 9.17) is 20.9 Å². The minimum absolute atomic E-state index is 0.196. The quantitative estimate of drug-likeness (QED) is 0.0964. The highest BCUT2D eigenvalue weighted by Crippen LogP contribution is 2.32. The number of benzene rings is 2. The molecule has 5 rings (SSSR count). The number of carbonyl (C=O) groups is 1. The molecule has 0 aliphatic carbocycles. The summed E-state index contributed by atoms with van der Waals surface area (Å²) >= 11 is 0. The lowest BCUT2D eigenvalue weighted by Gasteiger charge is -2.27. The summed E-state index contributed by atoms with van der Waals surface area (Å²) in [7, 11) is 0. The Bertz CT molecular complexity index is 1540. The third-order valence-electron chi connectivity index (χ3n) is 7.81. The van der Waals surface area contributed by atoms with Crippen LogP contribution in [0.25, 0.3) is 11.2 Å². The molecular weight excluding hydrogens is 580 g/mol. The molecule has 5 atom stereocenters. The van der Waals surface area contributed by atoms with Crippen LogP contribution in [0.2, 0.25) is 0 Å². The van der Waals surface area contributed by atoms with Gasteiger partial charge >= 0.3 is 5.97 Å². The lowest BCUT2D eigenvalue weighted by Crippen LogP contribution is -2.43. The maximum atomic E-state index is 11.3. The number of aromatic nitrogens is 4. The molecule has 1 aliphatic rings. The van der Waals surface area contributed by atoms with Crippen molar-refractivity contribution in [3.63, 3.8) is 0 Å². The van der Waals surface area contributed by atoms with Crippen LogP contribution < -0.4 is 21.5 Å². The monoisotopic (exact) mass is 620 g/mol. The van der Waals surface area contributed by atoms with E-state index in [2.05, 4.69) is 20.3 Å². The second-order valence-electron chi connectivity index (χ2n) is 11.1. The van der Waals surface area contributed by atoms with Crippen LogP contribution in [-0.2, 0) is 22.7 Å². The number of fused-ring (bicyclic) bond motifs is 1. The largest absolute Gasteiger partial charge is 0.489 e. The number of aliphatic carboxylic acids is 1. The van der Waals surface area contributed by atoms with Crippen LogP contribution in [0.3, 0.4) is 0 Å². The number of nitrogens with one attached hydrogen (secondary N) is 1. The molecule has 3 heterocycles. The van der Waals surface area contributed by atoms with Crippen LogP contribution in [0.15, 0.2) is 67.3 Å². The Balaban J connectivity index is 1.14. The summed E-state index contributed by atoms with van der Waals surface area (Å²) in [5.41, 5.74) is 14.6. The van der Waals surface area contributed by atoms with Gasteiger partial charge in [-0.15, -0.1) is 0 Å². The van der Waals surface area contributed by atoms with Gasteiger partial charge in [0.05, 0.1) is 6.33 Å². The van der Waals surface area contributed by atoms with Gasteiger partial charge in [-0.2, -0.15) is 0 Å². The minimum atomic E-state index is -1.25. The van der Waals surface area contributed by atoms with Gasteiger partial charge in [0.2, 0.25) is 0 Å². The van der Waals surface area contributed by atoms with Crippen LogP contribution in [0.1, 0.15) is 30.2 Å². The van der Waals surface area contributed by atoms with Crippen molar-refractivity contribution in [1.29, 1.82) is 0 Å². The fourth-order valence-corrected chi connectivity index (χ4v) is 5.31. The first-order chi connectivity index (χ1) is 21.8. The molecule has 14 heteroatoms. The molecule has 8 N–H and O–H groups in total. The van der Waals surface area contributed by atoms with E-state index in [1.165, 1.54) is 17.2 Å². The Morgan fingerprint density at radius 3 is 2.67 bits per heavy atom. The molecule has 14 nitrogen and oxygen atoms in total. The van der Waals surface area contributed by atoms with E-state index in [-0.39, 0.29) is 18.8 Å². The van der Waals surface area contributed by atoms with Crippen molar-refractivity contribution in [2.75, 3.05) is 31.9 Å². The normalized spacial score (nSPS) is 20.5. The topological polar surface area (TPSA) is 207 Å². The molecule has 45 heavy (non-hydrogen) atoms. The number of nitrogen functional groups attached to an aromatic ring is 1. The summed E-state index contributed by atoms with van der Waals surface area (Å²) in [5.74, 6) is -0.0798. The molecule has 1 aliphatic heterocycles. The summed E-state index contributed by atoms with van der Waals surface area (Å²) < 4.78 is 13.6. The van der Waals surface area contributed by atoms with Crippen LogP contribution in [-0.4, -0.2) is 96.2 Å². The van der Waals surface area contributed by atoms with Gasteiger partial charge in [-0.25, -0.2) is 15.0 Å². The summed E-state index contributed by atoms with van der Waals surface area (Å²) in [6, 6.07) is 16.9. The van der Waals surface area contributed by atoms with Crippen molar-refractivity contribution in [1.82, 2.24) is 29.7 Å². The van der Waals surface area contributed by atoms with Gasteiger partial charge in [0.15, 0.2) is 17.7 Å². The van der Waals surface area contributed by atoms with Crippen molar-refractivity contribution >= 4 is 23.0 Å². The van der Waals surface area contributed by atoms with Crippen molar-refractivity contribution in [3.05, 3.63) is 78.4 Å². The highest BCUT2D eigenvalue weighted by molar-refractivity contribution is 5.81. The Hall–Kier alpha value is -4.18. The van der Waals surface area contributed by atoms with Crippen LogP contribution >= 0.6 is 0 Å². The first-order valence-electron chi connectivity index (χ1n) is 14.9. The summed E-state index contributed by atoms with van der Waals surface area (Å²) in [4.78, 5) is 25.7. The fraction of sp³-hybridized carbons (Fsp3) is 0.419. The van der Waals surface area contributed by atoms with E-state index in [9.17, 15) is 20.1 Å². The minimum Gasteiger partial charge on any atom is -0.489 e. The highest BCUT2D eigenvalue weighted by Gasteiger charge is 2.44. The zero-order valence-electron chi connectivity index (χ0n) is 24.9. The molecule has 0 saturated carbocycles. The number of carboxylic acid groups (broad SMARTS) is 1. The molecule has 0 spiro atoms. The maximum absolute atomic E-state index is 11.3. The Kier molecular flexibility index (Phi) is 10.9. The molecule has 1 saturated heterocycles. The SMILES string of the molecule is Nc1ncnc2c1ncn2[C@@H]1O[C@H](CN(CCCNCc2cccc(OCc3ccccc3)c2)CCC(N)C(=O)O)[C@@H](O)[C@H]1O. The number of hydrogen-bond donors (Lipinski definition) is 6. The highest BCUT2D eigenvalue weighted by atomic mass is 16.6. The summed E-state index contributed by atoms with van der Waals surface area (Å²) in [6.45, 7) is 3.06. The van der Waals surface area contributed by atoms with Crippen molar-refractivity contribution in [3.8, 4) is 5.75 Å². The standard InChI is InChI=1S/C31H40N8O6/c32-23(31(42)43)10-13-38(12-5-11-34-15-21-8-4-9-22(14-21)44-17-20-6-2-1-3-7-20)16-24-26(40)27(41)30(45-24)39-19-37-25-28(33)35-18-36-29(25)39/h1-4,6-9,14,18-19,23-24,26-27,30,34,40-41H,5,10-13,15-17,32H2,(H,42,43)(H2,33,35,36)/t23?,24-,26-,27-,30-/m1/s1. The second kappa shape index (κ2) is 15.2.